The first-order valence-electron chi connectivity index (χ1n) is 10.3. The zero-order chi connectivity index (χ0) is 21.8. The van der Waals surface area contributed by atoms with Crippen molar-refractivity contribution in [3.05, 3.63) is 58.9 Å². The van der Waals surface area contributed by atoms with Crippen LogP contribution in [0, 0.1) is 0 Å². The minimum Gasteiger partial charge on any atom is -0.495 e. The van der Waals surface area contributed by atoms with E-state index in [0.717, 1.165) is 12.8 Å². The second-order valence-corrected chi connectivity index (χ2v) is 8.72. The first-order valence-corrected chi connectivity index (χ1v) is 11.2. The van der Waals surface area contributed by atoms with Crippen LogP contribution in [0.25, 0.3) is 10.9 Å². The maximum Gasteiger partial charge on any atom is 0.262 e. The standard InChI is InChI=1S/C23H25N3O4S/c1-15(21(27)24-19-11-5-6-12-20(19)29-2)31-23-25-18-10-4-3-9-17(18)22(28)26(23)14-16-8-7-13-30-16/h3-6,9-12,15-16H,7-8,13-14H2,1-2H3,(H,24,27)/t15-,16-/m1/s1. The number of anilines is 1. The Kier molecular flexibility index (Phi) is 6.58. The van der Waals surface area contributed by atoms with E-state index in [9.17, 15) is 9.59 Å². The molecule has 0 unspecified atom stereocenters. The Morgan fingerprint density at radius 2 is 2.06 bits per heavy atom. The predicted octanol–water partition coefficient (Wildman–Crippen LogP) is 3.70. The summed E-state index contributed by atoms with van der Waals surface area (Å²) < 4.78 is 12.7. The minimum atomic E-state index is -0.478. The van der Waals surface area contributed by atoms with Gasteiger partial charge in [0.05, 0.1) is 41.6 Å². The highest BCUT2D eigenvalue weighted by atomic mass is 32.2. The van der Waals surface area contributed by atoms with Crippen LogP contribution in [-0.2, 0) is 16.1 Å². The molecule has 1 aromatic heterocycles. The molecular weight excluding hydrogens is 414 g/mol. The summed E-state index contributed by atoms with van der Waals surface area (Å²) >= 11 is 1.27. The second kappa shape index (κ2) is 9.53. The highest BCUT2D eigenvalue weighted by molar-refractivity contribution is 8.00. The number of hydrogen-bond donors (Lipinski definition) is 1. The van der Waals surface area contributed by atoms with Gasteiger partial charge in [0.1, 0.15) is 5.75 Å². The van der Waals surface area contributed by atoms with Crippen LogP contribution in [0.3, 0.4) is 0 Å². The van der Waals surface area contributed by atoms with Crippen LogP contribution in [0.15, 0.2) is 58.5 Å². The third kappa shape index (κ3) is 4.75. The average molecular weight is 440 g/mol. The molecule has 0 saturated carbocycles. The van der Waals surface area contributed by atoms with Crippen LogP contribution in [0.4, 0.5) is 5.69 Å². The van der Waals surface area contributed by atoms with E-state index in [1.54, 1.807) is 36.8 Å². The lowest BCUT2D eigenvalue weighted by atomic mass is 10.2. The molecule has 0 radical (unpaired) electrons. The maximum atomic E-state index is 13.2. The summed E-state index contributed by atoms with van der Waals surface area (Å²) in [6, 6.07) is 14.5. The first kappa shape index (κ1) is 21.4. The van der Waals surface area contributed by atoms with E-state index in [4.69, 9.17) is 14.5 Å². The fraction of sp³-hybridized carbons (Fsp3) is 0.348. The van der Waals surface area contributed by atoms with Gasteiger partial charge in [-0.2, -0.15) is 0 Å². The van der Waals surface area contributed by atoms with E-state index in [1.807, 2.05) is 30.3 Å². The number of aromatic nitrogens is 2. The molecule has 0 bridgehead atoms. The van der Waals surface area contributed by atoms with Crippen LogP contribution in [-0.4, -0.2) is 40.5 Å². The Labute approximate surface area is 184 Å². The van der Waals surface area contributed by atoms with Crippen molar-refractivity contribution in [2.24, 2.45) is 0 Å². The second-order valence-electron chi connectivity index (χ2n) is 7.41. The van der Waals surface area contributed by atoms with Gasteiger partial charge < -0.3 is 14.8 Å². The quantitative estimate of drug-likeness (QED) is 0.447. The predicted molar refractivity (Wildman–Crippen MR) is 122 cm³/mol. The van der Waals surface area contributed by atoms with Crippen molar-refractivity contribution >= 4 is 34.3 Å². The number of methoxy groups -OCH3 is 1. The number of amides is 1. The molecule has 0 aliphatic carbocycles. The molecule has 2 aromatic carbocycles. The summed E-state index contributed by atoms with van der Waals surface area (Å²) in [5, 5.41) is 3.50. The van der Waals surface area contributed by atoms with Gasteiger partial charge in [0.15, 0.2) is 5.16 Å². The highest BCUT2D eigenvalue weighted by Crippen LogP contribution is 2.27. The molecule has 31 heavy (non-hydrogen) atoms. The largest absolute Gasteiger partial charge is 0.495 e. The molecule has 7 nitrogen and oxygen atoms in total. The number of ether oxygens (including phenoxy) is 2. The summed E-state index contributed by atoms with van der Waals surface area (Å²) in [5.74, 6) is 0.396. The van der Waals surface area contributed by atoms with Crippen molar-refractivity contribution in [3.8, 4) is 5.75 Å². The van der Waals surface area contributed by atoms with Crippen molar-refractivity contribution in [3.63, 3.8) is 0 Å². The fourth-order valence-electron chi connectivity index (χ4n) is 3.58. The maximum absolute atomic E-state index is 13.2. The van der Waals surface area contributed by atoms with Gasteiger partial charge in [-0.1, -0.05) is 36.0 Å². The number of rotatable bonds is 7. The van der Waals surface area contributed by atoms with Gasteiger partial charge in [0, 0.05) is 6.61 Å². The molecule has 1 fully saturated rings. The molecule has 1 saturated heterocycles. The summed E-state index contributed by atoms with van der Waals surface area (Å²) in [4.78, 5) is 30.8. The molecule has 3 aromatic rings. The van der Waals surface area contributed by atoms with Crippen molar-refractivity contribution < 1.29 is 14.3 Å². The number of fused-ring (bicyclic) bond motifs is 1. The van der Waals surface area contributed by atoms with Gasteiger partial charge >= 0.3 is 0 Å². The Balaban J connectivity index is 1.61. The summed E-state index contributed by atoms with van der Waals surface area (Å²) in [5.41, 5.74) is 1.11. The molecule has 1 N–H and O–H groups in total. The minimum absolute atomic E-state index is 0.0160. The van der Waals surface area contributed by atoms with E-state index < -0.39 is 5.25 Å². The van der Waals surface area contributed by atoms with Gasteiger partial charge in [0.25, 0.3) is 5.56 Å². The number of nitrogens with zero attached hydrogens (tertiary/aromatic N) is 2. The fourth-order valence-corrected chi connectivity index (χ4v) is 4.50. The van der Waals surface area contributed by atoms with E-state index in [1.165, 1.54) is 11.8 Å². The molecule has 162 valence electrons. The van der Waals surface area contributed by atoms with Gasteiger partial charge in [-0.15, -0.1) is 0 Å². The van der Waals surface area contributed by atoms with E-state index in [2.05, 4.69) is 5.32 Å². The molecule has 8 heteroatoms. The molecule has 0 spiro atoms. The SMILES string of the molecule is COc1ccccc1NC(=O)[C@@H](C)Sc1nc2ccccc2c(=O)n1C[C@H]1CCCO1. The van der Waals surface area contributed by atoms with Gasteiger partial charge in [0.2, 0.25) is 5.91 Å². The van der Waals surface area contributed by atoms with Crippen molar-refractivity contribution in [2.45, 2.75) is 42.8 Å². The average Bonchev–Trinajstić information content (AvgIpc) is 3.30. The van der Waals surface area contributed by atoms with Crippen LogP contribution >= 0.6 is 11.8 Å². The van der Waals surface area contributed by atoms with Crippen molar-refractivity contribution in [2.75, 3.05) is 19.0 Å². The number of nitrogens with one attached hydrogen (secondary N) is 1. The lowest BCUT2D eigenvalue weighted by Crippen LogP contribution is -2.30. The van der Waals surface area contributed by atoms with E-state index >= 15 is 0 Å². The summed E-state index contributed by atoms with van der Waals surface area (Å²) in [7, 11) is 1.56. The molecule has 1 aliphatic heterocycles. The monoisotopic (exact) mass is 439 g/mol. The third-order valence-electron chi connectivity index (χ3n) is 5.25. The number of thioether (sulfide) groups is 1. The zero-order valence-corrected chi connectivity index (χ0v) is 18.4. The van der Waals surface area contributed by atoms with Crippen molar-refractivity contribution in [1.82, 2.24) is 9.55 Å². The van der Waals surface area contributed by atoms with Crippen LogP contribution in [0.1, 0.15) is 19.8 Å². The third-order valence-corrected chi connectivity index (χ3v) is 6.34. The number of carbonyl (C=O) groups is 1. The molecule has 2 atom stereocenters. The number of hydrogen-bond acceptors (Lipinski definition) is 6. The van der Waals surface area contributed by atoms with Gasteiger partial charge in [-0.3, -0.25) is 14.2 Å². The van der Waals surface area contributed by atoms with Crippen molar-refractivity contribution in [1.29, 1.82) is 0 Å². The zero-order valence-electron chi connectivity index (χ0n) is 17.5. The Bertz CT molecular complexity index is 1140. The van der Waals surface area contributed by atoms with E-state index in [0.29, 0.717) is 40.6 Å². The van der Waals surface area contributed by atoms with Gasteiger partial charge in [-0.05, 0) is 44.0 Å². The lowest BCUT2D eigenvalue weighted by molar-refractivity contribution is -0.115. The molecular formula is C23H25N3O4S. The number of carbonyl (C=O) groups excluding carboxylic acids is 1. The number of benzene rings is 2. The van der Waals surface area contributed by atoms with Gasteiger partial charge in [-0.25, -0.2) is 4.98 Å². The summed E-state index contributed by atoms with van der Waals surface area (Å²) in [6.45, 7) is 2.94. The van der Waals surface area contributed by atoms with Crippen LogP contribution < -0.4 is 15.6 Å². The molecule has 1 amide bonds. The lowest BCUT2D eigenvalue weighted by Gasteiger charge is -2.19. The Morgan fingerprint density at radius 1 is 1.29 bits per heavy atom. The Hall–Kier alpha value is -2.84. The molecule has 2 heterocycles. The number of para-hydroxylation sites is 3. The molecule has 1 aliphatic rings. The van der Waals surface area contributed by atoms with Crippen LogP contribution in [0.2, 0.25) is 0 Å². The first-order chi connectivity index (χ1) is 15.1. The normalized spacial score (nSPS) is 16.9. The summed E-state index contributed by atoms with van der Waals surface area (Å²) in [6.07, 6.45) is 1.88. The topological polar surface area (TPSA) is 82.5 Å². The van der Waals surface area contributed by atoms with Crippen LogP contribution in [0.5, 0.6) is 5.75 Å². The molecule has 4 rings (SSSR count). The highest BCUT2D eigenvalue weighted by Gasteiger charge is 2.23. The van der Waals surface area contributed by atoms with E-state index in [-0.39, 0.29) is 17.6 Å². The Morgan fingerprint density at radius 3 is 2.84 bits per heavy atom. The smallest absolute Gasteiger partial charge is 0.262 e.